The molecule has 0 unspecified atom stereocenters. The number of amides is 2. The third-order valence-corrected chi connectivity index (χ3v) is 5.52. The van der Waals surface area contributed by atoms with Gasteiger partial charge < -0.3 is 28.4 Å². The van der Waals surface area contributed by atoms with Crippen molar-refractivity contribution in [3.05, 3.63) is 28.2 Å². The van der Waals surface area contributed by atoms with Gasteiger partial charge in [-0.2, -0.15) is 0 Å². The number of fused-ring (bicyclic) bond motifs is 3. The van der Waals surface area contributed by atoms with E-state index in [1.807, 2.05) is 0 Å². The molecule has 10 nitrogen and oxygen atoms in total. The molecule has 2 amide bonds. The topological polar surface area (TPSA) is 114 Å². The maximum Gasteiger partial charge on any atom is 0.276 e. The van der Waals surface area contributed by atoms with Crippen LogP contribution in [0.4, 0.5) is 0 Å². The summed E-state index contributed by atoms with van der Waals surface area (Å²) in [4.78, 5) is 24.9. The monoisotopic (exact) mass is 490 g/mol. The lowest BCUT2D eigenvalue weighted by Gasteiger charge is -2.36. The molecule has 3 heterocycles. The van der Waals surface area contributed by atoms with Crippen LogP contribution in [0.15, 0.2) is 18.2 Å². The Morgan fingerprint density at radius 2 is 1.62 bits per heavy atom. The molecule has 0 saturated carbocycles. The molecule has 5 atom stereocenters. The molecule has 4 rings (SSSR count). The second kappa shape index (κ2) is 8.60. The minimum atomic E-state index is -1.10. The number of benzene rings is 1. The van der Waals surface area contributed by atoms with Crippen LogP contribution in [0.25, 0.3) is 0 Å². The summed E-state index contributed by atoms with van der Waals surface area (Å²) in [5.74, 6) is -2.82. The van der Waals surface area contributed by atoms with Gasteiger partial charge in [-0.3, -0.25) is 20.4 Å². The summed E-state index contributed by atoms with van der Waals surface area (Å²) < 4.78 is 34.7. The molecule has 0 radical (unpaired) electrons. The molecule has 32 heavy (non-hydrogen) atoms. The molecule has 2 N–H and O–H groups in total. The molecular weight excluding hydrogens is 467 g/mol. The Hall–Kier alpha value is -1.66. The van der Waals surface area contributed by atoms with Crippen LogP contribution in [-0.2, 0) is 33.3 Å². The highest BCUT2D eigenvalue weighted by molar-refractivity contribution is 6.35. The Balaban J connectivity index is 1.35. The number of halogens is 2. The van der Waals surface area contributed by atoms with Crippen LogP contribution in [-0.4, -0.2) is 60.7 Å². The second-order valence-corrected chi connectivity index (χ2v) is 9.33. The third-order valence-electron chi connectivity index (χ3n) is 4.99. The highest BCUT2D eigenvalue weighted by atomic mass is 35.5. The molecule has 1 aromatic rings. The fraction of sp³-hybridized carbons (Fsp3) is 0.600. The molecule has 0 spiro atoms. The first-order chi connectivity index (χ1) is 14.9. The van der Waals surface area contributed by atoms with Gasteiger partial charge in [0, 0.05) is 5.02 Å². The molecular formula is C20H24Cl2N2O8. The van der Waals surface area contributed by atoms with Gasteiger partial charge in [-0.05, 0) is 45.9 Å². The Kier molecular flexibility index (Phi) is 6.32. The lowest BCUT2D eigenvalue weighted by Crippen LogP contribution is -2.61. The quantitative estimate of drug-likeness (QED) is 0.615. The van der Waals surface area contributed by atoms with Gasteiger partial charge in [0.05, 0.1) is 5.02 Å². The van der Waals surface area contributed by atoms with E-state index in [1.54, 1.807) is 33.8 Å². The van der Waals surface area contributed by atoms with E-state index in [1.165, 1.54) is 12.1 Å². The summed E-state index contributed by atoms with van der Waals surface area (Å²) in [6.07, 6.45) is -3.84. The van der Waals surface area contributed by atoms with Gasteiger partial charge in [-0.25, -0.2) is 0 Å². The van der Waals surface area contributed by atoms with Crippen LogP contribution in [0.1, 0.15) is 27.7 Å². The summed E-state index contributed by atoms with van der Waals surface area (Å²) in [6, 6.07) is 4.60. The zero-order valence-corrected chi connectivity index (χ0v) is 19.4. The van der Waals surface area contributed by atoms with Gasteiger partial charge in [-0.1, -0.05) is 23.2 Å². The van der Waals surface area contributed by atoms with Crippen LogP contribution in [0.5, 0.6) is 5.75 Å². The Morgan fingerprint density at radius 3 is 2.34 bits per heavy atom. The number of carbonyl (C=O) groups excluding carboxylic acids is 2. The van der Waals surface area contributed by atoms with Crippen molar-refractivity contribution < 1.29 is 38.0 Å². The highest BCUT2D eigenvalue weighted by Crippen LogP contribution is 2.44. The molecule has 3 saturated heterocycles. The third kappa shape index (κ3) is 4.96. The minimum Gasteiger partial charge on any atom is -0.482 e. The van der Waals surface area contributed by atoms with E-state index >= 15 is 0 Å². The predicted octanol–water partition coefficient (Wildman–Crippen LogP) is 1.92. The molecule has 12 heteroatoms. The van der Waals surface area contributed by atoms with Crippen LogP contribution < -0.4 is 15.6 Å². The lowest BCUT2D eigenvalue weighted by molar-refractivity contribution is -0.231. The Labute approximate surface area is 194 Å². The first-order valence-corrected chi connectivity index (χ1v) is 10.7. The number of nitrogens with one attached hydrogen (secondary N) is 2. The van der Waals surface area contributed by atoms with Gasteiger partial charge in [0.15, 0.2) is 30.6 Å². The Morgan fingerprint density at radius 1 is 0.969 bits per heavy atom. The molecule has 0 aliphatic carbocycles. The van der Waals surface area contributed by atoms with Crippen LogP contribution >= 0.6 is 23.2 Å². The fourth-order valence-electron chi connectivity index (χ4n) is 3.80. The number of hydrazine groups is 1. The van der Waals surface area contributed by atoms with Crippen LogP contribution in [0.2, 0.25) is 10.0 Å². The number of rotatable bonds is 4. The molecule has 0 aromatic heterocycles. The van der Waals surface area contributed by atoms with Gasteiger partial charge >= 0.3 is 0 Å². The fourth-order valence-corrected chi connectivity index (χ4v) is 4.26. The van der Waals surface area contributed by atoms with Crippen molar-refractivity contribution in [1.82, 2.24) is 10.9 Å². The van der Waals surface area contributed by atoms with Crippen molar-refractivity contribution in [3.63, 3.8) is 0 Å². The van der Waals surface area contributed by atoms with Crippen LogP contribution in [0.3, 0.4) is 0 Å². The maximum atomic E-state index is 12.8. The van der Waals surface area contributed by atoms with Crippen molar-refractivity contribution in [2.75, 3.05) is 6.61 Å². The molecule has 1 aromatic carbocycles. The minimum absolute atomic E-state index is 0.258. The van der Waals surface area contributed by atoms with E-state index in [0.717, 1.165) is 0 Å². The Bertz CT molecular complexity index is 912. The molecule has 3 fully saturated rings. The number of carbonyl (C=O) groups is 2. The molecule has 176 valence electrons. The van der Waals surface area contributed by atoms with Crippen LogP contribution in [0, 0.1) is 0 Å². The summed E-state index contributed by atoms with van der Waals surface area (Å²) in [5.41, 5.74) is 4.60. The average Bonchev–Trinajstić information content (AvgIpc) is 3.18. The smallest absolute Gasteiger partial charge is 0.276 e. The largest absolute Gasteiger partial charge is 0.482 e. The standard InChI is InChI=1S/C20H24Cl2N2O8/c1-19(2)29-13-14(30-19)16-18(32-20(3,4)31-16)28-15(13)17(26)24-23-12(25)8-27-11-6-5-9(21)7-10(11)22/h5-7,13-16,18H,8H2,1-4H3,(H,23,25)(H,24,26)/t13-,14+,15-,16-,18+/m1/s1. The van der Waals surface area contributed by atoms with Crippen molar-refractivity contribution >= 4 is 35.0 Å². The molecule has 3 aliphatic rings. The van der Waals surface area contributed by atoms with Crippen molar-refractivity contribution in [3.8, 4) is 5.75 Å². The van der Waals surface area contributed by atoms with E-state index in [0.29, 0.717) is 5.02 Å². The van der Waals surface area contributed by atoms with Gasteiger partial charge in [0.1, 0.15) is 24.1 Å². The van der Waals surface area contributed by atoms with E-state index in [9.17, 15) is 9.59 Å². The molecule has 0 bridgehead atoms. The lowest BCUT2D eigenvalue weighted by atomic mass is 9.98. The second-order valence-electron chi connectivity index (χ2n) is 8.49. The average molecular weight is 491 g/mol. The zero-order valence-electron chi connectivity index (χ0n) is 17.8. The highest BCUT2D eigenvalue weighted by Gasteiger charge is 2.62. The van der Waals surface area contributed by atoms with Crippen molar-refractivity contribution in [2.24, 2.45) is 0 Å². The summed E-state index contributed by atoms with van der Waals surface area (Å²) >= 11 is 11.8. The van der Waals surface area contributed by atoms with Gasteiger partial charge in [0.25, 0.3) is 11.8 Å². The summed E-state index contributed by atoms with van der Waals surface area (Å²) in [5, 5.41) is 0.696. The predicted molar refractivity (Wildman–Crippen MR) is 111 cm³/mol. The van der Waals surface area contributed by atoms with Crippen molar-refractivity contribution in [1.29, 1.82) is 0 Å². The van der Waals surface area contributed by atoms with Crippen molar-refractivity contribution in [2.45, 2.75) is 70.0 Å². The SMILES string of the molecule is CC1(C)O[C@H]2[C@@H](O1)[C@H](C(=O)NNC(=O)COc1ccc(Cl)cc1Cl)O[C@H]1OC(C)(C)O[C@@H]12. The normalized spacial score (nSPS) is 32.0. The summed E-state index contributed by atoms with van der Waals surface area (Å²) in [6.45, 7) is 6.57. The van der Waals surface area contributed by atoms with E-state index in [-0.39, 0.29) is 17.4 Å². The number of hydrogen-bond donors (Lipinski definition) is 2. The summed E-state index contributed by atoms with van der Waals surface area (Å²) in [7, 11) is 0. The first-order valence-electron chi connectivity index (χ1n) is 9.97. The van der Waals surface area contributed by atoms with E-state index in [4.69, 9.17) is 51.6 Å². The van der Waals surface area contributed by atoms with Gasteiger partial charge in [-0.15, -0.1) is 0 Å². The van der Waals surface area contributed by atoms with Gasteiger partial charge in [0.2, 0.25) is 0 Å². The van der Waals surface area contributed by atoms with E-state index in [2.05, 4.69) is 10.9 Å². The zero-order chi connectivity index (χ0) is 23.3. The number of ether oxygens (including phenoxy) is 6. The first kappa shape index (κ1) is 23.5. The maximum absolute atomic E-state index is 12.8. The number of hydrogen-bond acceptors (Lipinski definition) is 8. The molecule has 3 aliphatic heterocycles. The van der Waals surface area contributed by atoms with E-state index < -0.39 is 54.1 Å².